The number of amides is 1. The van der Waals surface area contributed by atoms with Crippen LogP contribution in [-0.2, 0) is 5.75 Å². The van der Waals surface area contributed by atoms with Crippen LogP contribution in [0.4, 0.5) is 13.9 Å². The van der Waals surface area contributed by atoms with Gasteiger partial charge in [0.15, 0.2) is 4.34 Å². The van der Waals surface area contributed by atoms with E-state index in [-0.39, 0.29) is 16.4 Å². The fraction of sp³-hybridized carbons (Fsp3) is 0.111. The SMILES string of the molecule is N#Cc1ccc(CSc2nnc(NC(=O)c3ccccc3OC(F)F)s2)cc1. The molecule has 1 amide bonds. The topological polar surface area (TPSA) is 87.9 Å². The van der Waals surface area contributed by atoms with Crippen molar-refractivity contribution in [3.63, 3.8) is 0 Å². The van der Waals surface area contributed by atoms with E-state index in [4.69, 9.17) is 5.26 Å². The predicted molar refractivity (Wildman–Crippen MR) is 102 cm³/mol. The number of nitriles is 1. The van der Waals surface area contributed by atoms with Gasteiger partial charge in [-0.05, 0) is 29.8 Å². The standard InChI is InChI=1S/C18H12F2N4O2S2/c19-16(20)26-14-4-2-1-3-13(14)15(25)22-17-23-24-18(28-17)27-10-12-7-5-11(9-21)6-8-12/h1-8,16H,10H2,(H,22,23,25). The van der Waals surface area contributed by atoms with Gasteiger partial charge >= 0.3 is 6.61 Å². The van der Waals surface area contributed by atoms with Gasteiger partial charge in [-0.1, -0.05) is 47.4 Å². The summed E-state index contributed by atoms with van der Waals surface area (Å²) in [7, 11) is 0. The molecule has 1 aromatic heterocycles. The average molecular weight is 418 g/mol. The number of anilines is 1. The molecular formula is C18H12F2N4O2S2. The van der Waals surface area contributed by atoms with Crippen molar-refractivity contribution < 1.29 is 18.3 Å². The normalized spacial score (nSPS) is 10.5. The number of nitrogens with one attached hydrogen (secondary N) is 1. The molecule has 0 aliphatic rings. The van der Waals surface area contributed by atoms with Crippen molar-refractivity contribution in [2.45, 2.75) is 16.7 Å². The number of halogens is 2. The summed E-state index contributed by atoms with van der Waals surface area (Å²) in [5.41, 5.74) is 1.58. The third kappa shape index (κ3) is 5.25. The van der Waals surface area contributed by atoms with Crippen LogP contribution in [0.1, 0.15) is 21.5 Å². The molecule has 3 aromatic rings. The highest BCUT2D eigenvalue weighted by Gasteiger charge is 2.17. The van der Waals surface area contributed by atoms with E-state index in [9.17, 15) is 13.6 Å². The van der Waals surface area contributed by atoms with Crippen molar-refractivity contribution in [2.24, 2.45) is 0 Å². The first-order valence-corrected chi connectivity index (χ1v) is 9.66. The van der Waals surface area contributed by atoms with Crippen molar-refractivity contribution in [1.29, 1.82) is 5.26 Å². The summed E-state index contributed by atoms with van der Waals surface area (Å²) < 4.78 is 29.9. The minimum Gasteiger partial charge on any atom is -0.434 e. The second kappa shape index (κ2) is 9.25. The van der Waals surface area contributed by atoms with Crippen LogP contribution in [0.5, 0.6) is 5.75 Å². The lowest BCUT2D eigenvalue weighted by atomic mass is 10.2. The largest absolute Gasteiger partial charge is 0.434 e. The summed E-state index contributed by atoms with van der Waals surface area (Å²) >= 11 is 2.60. The molecule has 0 atom stereocenters. The van der Waals surface area contributed by atoms with Gasteiger partial charge in [-0.15, -0.1) is 10.2 Å². The number of benzene rings is 2. The van der Waals surface area contributed by atoms with E-state index < -0.39 is 12.5 Å². The van der Waals surface area contributed by atoms with Gasteiger partial charge in [-0.2, -0.15) is 14.0 Å². The molecule has 0 aliphatic carbocycles. The number of aromatic nitrogens is 2. The molecule has 6 nitrogen and oxygen atoms in total. The Balaban J connectivity index is 1.61. The monoisotopic (exact) mass is 418 g/mol. The van der Waals surface area contributed by atoms with Gasteiger partial charge in [-0.3, -0.25) is 10.1 Å². The van der Waals surface area contributed by atoms with Crippen LogP contribution < -0.4 is 10.1 Å². The van der Waals surface area contributed by atoms with Gasteiger partial charge in [0.05, 0.1) is 17.2 Å². The minimum atomic E-state index is -3.03. The van der Waals surface area contributed by atoms with E-state index in [2.05, 4.69) is 26.3 Å². The molecule has 2 aromatic carbocycles. The van der Waals surface area contributed by atoms with Crippen molar-refractivity contribution in [1.82, 2.24) is 10.2 Å². The van der Waals surface area contributed by atoms with E-state index in [0.717, 1.165) is 5.56 Å². The number of nitrogens with zero attached hydrogens (tertiary/aromatic N) is 3. The third-order valence-electron chi connectivity index (χ3n) is 3.42. The van der Waals surface area contributed by atoms with Crippen molar-refractivity contribution in [3.05, 3.63) is 65.2 Å². The Hall–Kier alpha value is -3.03. The summed E-state index contributed by atoms with van der Waals surface area (Å²) in [6, 6.07) is 15.0. The van der Waals surface area contributed by atoms with Crippen molar-refractivity contribution >= 4 is 34.1 Å². The second-order valence-electron chi connectivity index (χ2n) is 5.30. The lowest BCUT2D eigenvalue weighted by Gasteiger charge is -2.09. The number of alkyl halides is 2. The number of para-hydroxylation sites is 1. The number of carbonyl (C=O) groups excluding carboxylic acids is 1. The molecular weight excluding hydrogens is 406 g/mol. The summed E-state index contributed by atoms with van der Waals surface area (Å²) in [4.78, 5) is 12.3. The lowest BCUT2D eigenvalue weighted by molar-refractivity contribution is -0.0501. The number of hydrogen-bond acceptors (Lipinski definition) is 7. The van der Waals surface area contributed by atoms with Crippen LogP contribution >= 0.6 is 23.1 Å². The number of rotatable bonds is 7. The quantitative estimate of drug-likeness (QED) is 0.447. The first-order valence-electron chi connectivity index (χ1n) is 7.85. The summed E-state index contributed by atoms with van der Waals surface area (Å²) in [5.74, 6) is -0.203. The molecule has 0 unspecified atom stereocenters. The molecule has 0 saturated carbocycles. The van der Waals surface area contributed by atoms with Crippen molar-refractivity contribution in [3.8, 4) is 11.8 Å². The molecule has 0 radical (unpaired) electrons. The van der Waals surface area contributed by atoms with Crippen molar-refractivity contribution in [2.75, 3.05) is 5.32 Å². The van der Waals surface area contributed by atoms with Gasteiger partial charge in [0.25, 0.3) is 5.91 Å². The van der Waals surface area contributed by atoms with E-state index >= 15 is 0 Å². The summed E-state index contributed by atoms with van der Waals surface area (Å²) in [6.07, 6.45) is 0. The Bertz CT molecular complexity index is 1000. The predicted octanol–water partition coefficient (Wildman–Crippen LogP) is 4.56. The van der Waals surface area contributed by atoms with E-state index in [0.29, 0.717) is 15.7 Å². The lowest BCUT2D eigenvalue weighted by Crippen LogP contribution is -2.14. The molecule has 0 fully saturated rings. The molecule has 0 bridgehead atoms. The zero-order chi connectivity index (χ0) is 19.9. The smallest absolute Gasteiger partial charge is 0.387 e. The number of thioether (sulfide) groups is 1. The van der Waals surface area contributed by atoms with Crippen LogP contribution in [0, 0.1) is 11.3 Å². The zero-order valence-electron chi connectivity index (χ0n) is 14.1. The van der Waals surface area contributed by atoms with Gasteiger partial charge in [0, 0.05) is 5.75 Å². The Morgan fingerprint density at radius 2 is 1.96 bits per heavy atom. The Labute approximate surface area is 167 Å². The Morgan fingerprint density at radius 3 is 2.68 bits per heavy atom. The number of hydrogen-bond donors (Lipinski definition) is 1. The Morgan fingerprint density at radius 1 is 1.21 bits per heavy atom. The maximum absolute atomic E-state index is 12.5. The molecule has 0 spiro atoms. The minimum absolute atomic E-state index is 0.0233. The van der Waals surface area contributed by atoms with Gasteiger partial charge in [0.1, 0.15) is 5.75 Å². The number of ether oxygens (including phenoxy) is 1. The molecule has 3 rings (SSSR count). The van der Waals surface area contributed by atoms with E-state index in [1.807, 2.05) is 12.1 Å². The molecule has 0 saturated heterocycles. The highest BCUT2D eigenvalue weighted by molar-refractivity contribution is 8.00. The second-order valence-corrected chi connectivity index (χ2v) is 7.50. The van der Waals surface area contributed by atoms with Crippen LogP contribution in [0.25, 0.3) is 0 Å². The summed E-state index contributed by atoms with van der Waals surface area (Å²) in [5, 5.41) is 19.5. The first kappa shape index (κ1) is 19.7. The van der Waals surface area contributed by atoms with Crippen LogP contribution in [0.3, 0.4) is 0 Å². The molecule has 1 N–H and O–H groups in total. The summed E-state index contributed by atoms with van der Waals surface area (Å²) in [6.45, 7) is -3.03. The fourth-order valence-corrected chi connectivity index (χ4v) is 3.86. The Kier molecular flexibility index (Phi) is 6.52. The van der Waals surface area contributed by atoms with Crippen LogP contribution in [-0.4, -0.2) is 22.7 Å². The molecule has 28 heavy (non-hydrogen) atoms. The van der Waals surface area contributed by atoms with Crippen LogP contribution in [0.15, 0.2) is 52.9 Å². The fourth-order valence-electron chi connectivity index (χ4n) is 2.16. The van der Waals surface area contributed by atoms with Gasteiger partial charge in [0.2, 0.25) is 5.13 Å². The molecule has 0 aliphatic heterocycles. The molecule has 142 valence electrons. The van der Waals surface area contributed by atoms with Gasteiger partial charge in [-0.25, -0.2) is 0 Å². The maximum Gasteiger partial charge on any atom is 0.387 e. The van der Waals surface area contributed by atoms with E-state index in [1.54, 1.807) is 18.2 Å². The number of carbonyl (C=O) groups is 1. The van der Waals surface area contributed by atoms with E-state index in [1.165, 1.54) is 41.3 Å². The average Bonchev–Trinajstić information content (AvgIpc) is 3.14. The third-order valence-corrected chi connectivity index (χ3v) is 5.46. The zero-order valence-corrected chi connectivity index (χ0v) is 15.8. The molecule has 10 heteroatoms. The first-order chi connectivity index (χ1) is 13.5. The highest BCUT2D eigenvalue weighted by atomic mass is 32.2. The van der Waals surface area contributed by atoms with Gasteiger partial charge < -0.3 is 4.74 Å². The van der Waals surface area contributed by atoms with Crippen LogP contribution in [0.2, 0.25) is 0 Å². The molecule has 1 heterocycles. The highest BCUT2D eigenvalue weighted by Crippen LogP contribution is 2.29. The maximum atomic E-state index is 12.5.